The quantitative estimate of drug-likeness (QED) is 0.703. The number of nitrogens with zero attached hydrogens (tertiary/aromatic N) is 4. The van der Waals surface area contributed by atoms with Crippen LogP contribution in [0.15, 0.2) is 36.5 Å². The molecule has 2 fully saturated rings. The number of amides is 1. The number of aromatic amines is 1. The summed E-state index contributed by atoms with van der Waals surface area (Å²) in [5, 5.41) is 1.17. The van der Waals surface area contributed by atoms with Gasteiger partial charge >= 0.3 is 0 Å². The fourth-order valence-corrected chi connectivity index (χ4v) is 4.79. The van der Waals surface area contributed by atoms with Gasteiger partial charge in [-0.05, 0) is 31.0 Å². The van der Waals surface area contributed by atoms with Crippen LogP contribution >= 0.6 is 0 Å². The second-order valence-electron chi connectivity index (χ2n) is 8.57. The number of aryl methyl sites for hydroxylation is 2. The third kappa shape index (κ3) is 3.67. The number of nitrogens with one attached hydrogen (secondary N) is 1. The predicted octanol–water partition coefficient (Wildman–Crippen LogP) is 3.23. The van der Waals surface area contributed by atoms with E-state index in [1.54, 1.807) is 0 Å². The van der Waals surface area contributed by atoms with Gasteiger partial charge in [-0.1, -0.05) is 25.1 Å². The Bertz CT molecular complexity index is 1100. The van der Waals surface area contributed by atoms with Crippen molar-refractivity contribution < 1.29 is 9.53 Å². The van der Waals surface area contributed by atoms with Crippen molar-refractivity contribution in [3.8, 4) is 0 Å². The number of morpholine rings is 1. The molecule has 7 nitrogen and oxygen atoms in total. The van der Waals surface area contributed by atoms with Gasteiger partial charge in [-0.15, -0.1) is 0 Å². The summed E-state index contributed by atoms with van der Waals surface area (Å²) < 4.78 is 6.14. The Hall–Kier alpha value is -2.93. The highest BCUT2D eigenvalue weighted by molar-refractivity contribution is 5.88. The lowest BCUT2D eigenvalue weighted by atomic mass is 9.88. The van der Waals surface area contributed by atoms with E-state index in [0.29, 0.717) is 32.5 Å². The summed E-state index contributed by atoms with van der Waals surface area (Å²) in [6.45, 7) is 7.37. The highest BCUT2D eigenvalue weighted by atomic mass is 16.5. The van der Waals surface area contributed by atoms with E-state index in [-0.39, 0.29) is 5.91 Å². The molecule has 1 spiro atoms. The monoisotopic (exact) mass is 419 g/mol. The van der Waals surface area contributed by atoms with Gasteiger partial charge in [-0.3, -0.25) is 4.79 Å². The lowest BCUT2D eigenvalue weighted by molar-refractivity contribution is -0.176. The van der Waals surface area contributed by atoms with Crippen molar-refractivity contribution >= 4 is 22.8 Å². The normalized spacial score (nSPS) is 18.8. The van der Waals surface area contributed by atoms with E-state index in [1.807, 2.05) is 36.2 Å². The van der Waals surface area contributed by atoms with Gasteiger partial charge in [-0.2, -0.15) is 0 Å². The first kappa shape index (κ1) is 20.0. The number of carbonyl (C=O) groups excluding carboxylic acids is 1. The van der Waals surface area contributed by atoms with Crippen LogP contribution in [0, 0.1) is 6.92 Å². The van der Waals surface area contributed by atoms with Crippen molar-refractivity contribution in [2.24, 2.45) is 0 Å². The van der Waals surface area contributed by atoms with Crippen LogP contribution in [-0.2, 0) is 22.5 Å². The van der Waals surface area contributed by atoms with Crippen molar-refractivity contribution in [3.05, 3.63) is 53.5 Å². The third-order valence-corrected chi connectivity index (χ3v) is 6.56. The molecule has 4 heterocycles. The molecular formula is C24H29N5O2. The number of anilines is 1. The molecule has 3 aromatic rings. The minimum Gasteiger partial charge on any atom is -0.363 e. The average Bonchev–Trinajstić information content (AvgIpc) is 3.20. The standard InChI is InChI=1S/C24H29N5O2/c1-3-19-14-17(2)26-23(27-19)28-10-8-24(9-11-28)22(30)29(12-13-31-24)16-18-15-25-21-7-5-4-6-20(18)21/h4-7,14-15,25H,3,8-13,16H2,1-2H3. The van der Waals surface area contributed by atoms with Crippen molar-refractivity contribution in [1.82, 2.24) is 19.9 Å². The van der Waals surface area contributed by atoms with Crippen LogP contribution in [0.4, 0.5) is 5.95 Å². The maximum absolute atomic E-state index is 13.5. The number of para-hydroxylation sites is 1. The number of rotatable bonds is 4. The van der Waals surface area contributed by atoms with Crippen molar-refractivity contribution in [3.63, 3.8) is 0 Å². The van der Waals surface area contributed by atoms with Crippen LogP contribution in [0.25, 0.3) is 10.9 Å². The zero-order chi connectivity index (χ0) is 21.4. The van der Waals surface area contributed by atoms with Crippen molar-refractivity contribution in [2.45, 2.75) is 45.3 Å². The van der Waals surface area contributed by atoms with Crippen molar-refractivity contribution in [1.29, 1.82) is 0 Å². The molecule has 2 aliphatic rings. The van der Waals surface area contributed by atoms with Gasteiger partial charge in [0.05, 0.1) is 6.61 Å². The van der Waals surface area contributed by atoms with Crippen LogP contribution in [0.3, 0.4) is 0 Å². The van der Waals surface area contributed by atoms with Crippen LogP contribution in [0.1, 0.15) is 36.7 Å². The number of H-pyrrole nitrogens is 1. The number of aromatic nitrogens is 3. The molecule has 0 bridgehead atoms. The number of hydrogen-bond acceptors (Lipinski definition) is 5. The number of hydrogen-bond donors (Lipinski definition) is 1. The van der Waals surface area contributed by atoms with Crippen LogP contribution in [0.2, 0.25) is 0 Å². The van der Waals surface area contributed by atoms with E-state index in [9.17, 15) is 4.79 Å². The Morgan fingerprint density at radius 3 is 2.77 bits per heavy atom. The van der Waals surface area contributed by atoms with Gasteiger partial charge in [0.25, 0.3) is 5.91 Å². The maximum atomic E-state index is 13.5. The molecule has 1 N–H and O–H groups in total. The molecule has 7 heteroatoms. The number of benzene rings is 1. The van der Waals surface area contributed by atoms with Crippen LogP contribution in [-0.4, -0.2) is 57.6 Å². The van der Waals surface area contributed by atoms with Gasteiger partial charge in [0, 0.05) is 67.5 Å². The molecule has 31 heavy (non-hydrogen) atoms. The van der Waals surface area contributed by atoms with E-state index in [4.69, 9.17) is 9.72 Å². The van der Waals surface area contributed by atoms with E-state index in [1.165, 1.54) is 5.39 Å². The Morgan fingerprint density at radius 2 is 1.97 bits per heavy atom. The molecule has 162 valence electrons. The zero-order valence-electron chi connectivity index (χ0n) is 18.2. The lowest BCUT2D eigenvalue weighted by Crippen LogP contribution is -2.60. The topological polar surface area (TPSA) is 74.3 Å². The first-order chi connectivity index (χ1) is 15.1. The SMILES string of the molecule is CCc1cc(C)nc(N2CCC3(CC2)OCCN(Cc2c[nH]c4ccccc24)C3=O)n1. The van der Waals surface area contributed by atoms with Crippen LogP contribution in [0.5, 0.6) is 0 Å². The summed E-state index contributed by atoms with van der Waals surface area (Å²) in [5.74, 6) is 0.883. The molecule has 0 saturated carbocycles. The molecule has 2 saturated heterocycles. The second-order valence-corrected chi connectivity index (χ2v) is 8.57. The highest BCUT2D eigenvalue weighted by Crippen LogP contribution is 2.33. The first-order valence-corrected chi connectivity index (χ1v) is 11.2. The highest BCUT2D eigenvalue weighted by Gasteiger charge is 2.47. The maximum Gasteiger partial charge on any atom is 0.255 e. The summed E-state index contributed by atoms with van der Waals surface area (Å²) in [6, 6.07) is 10.3. The molecule has 5 rings (SSSR count). The number of piperidine rings is 1. The summed E-state index contributed by atoms with van der Waals surface area (Å²) in [6.07, 6.45) is 4.23. The third-order valence-electron chi connectivity index (χ3n) is 6.56. The largest absolute Gasteiger partial charge is 0.363 e. The molecular weight excluding hydrogens is 390 g/mol. The molecule has 0 aliphatic carbocycles. The Labute approximate surface area is 182 Å². The van der Waals surface area contributed by atoms with Gasteiger partial charge in [-0.25, -0.2) is 9.97 Å². The average molecular weight is 420 g/mol. The van der Waals surface area contributed by atoms with Gasteiger partial charge in [0.15, 0.2) is 0 Å². The Balaban J connectivity index is 1.31. The van der Waals surface area contributed by atoms with Gasteiger partial charge in [0.1, 0.15) is 5.60 Å². The first-order valence-electron chi connectivity index (χ1n) is 11.2. The molecule has 2 aliphatic heterocycles. The van der Waals surface area contributed by atoms with E-state index < -0.39 is 5.60 Å². The number of fused-ring (bicyclic) bond motifs is 1. The Morgan fingerprint density at radius 1 is 1.16 bits per heavy atom. The summed E-state index contributed by atoms with van der Waals surface area (Å²) in [5.41, 5.74) is 3.57. The summed E-state index contributed by atoms with van der Waals surface area (Å²) >= 11 is 0. The van der Waals surface area contributed by atoms with E-state index in [2.05, 4.69) is 33.9 Å². The zero-order valence-corrected chi connectivity index (χ0v) is 18.2. The Kier molecular flexibility index (Phi) is 5.14. The van der Waals surface area contributed by atoms with Gasteiger partial charge in [0.2, 0.25) is 5.95 Å². The molecule has 1 amide bonds. The fourth-order valence-electron chi connectivity index (χ4n) is 4.79. The molecule has 0 radical (unpaired) electrons. The number of carbonyl (C=O) groups is 1. The van der Waals surface area contributed by atoms with E-state index in [0.717, 1.165) is 47.9 Å². The number of ether oxygens (including phenoxy) is 1. The molecule has 0 unspecified atom stereocenters. The summed E-state index contributed by atoms with van der Waals surface area (Å²) in [4.78, 5) is 30.3. The fraction of sp³-hybridized carbons (Fsp3) is 0.458. The molecule has 2 aromatic heterocycles. The van der Waals surface area contributed by atoms with E-state index >= 15 is 0 Å². The smallest absolute Gasteiger partial charge is 0.255 e. The second kappa shape index (κ2) is 7.96. The minimum absolute atomic E-state index is 0.114. The lowest BCUT2D eigenvalue weighted by Gasteiger charge is -2.46. The predicted molar refractivity (Wildman–Crippen MR) is 120 cm³/mol. The minimum atomic E-state index is -0.724. The van der Waals surface area contributed by atoms with Crippen LogP contribution < -0.4 is 4.90 Å². The van der Waals surface area contributed by atoms with Crippen molar-refractivity contribution in [2.75, 3.05) is 31.1 Å². The summed E-state index contributed by atoms with van der Waals surface area (Å²) in [7, 11) is 0. The molecule has 0 atom stereocenters. The van der Waals surface area contributed by atoms with Gasteiger partial charge < -0.3 is 19.5 Å². The molecule has 1 aromatic carbocycles.